The minimum atomic E-state index is -0.202. The van der Waals surface area contributed by atoms with Gasteiger partial charge in [0.05, 0.1) is 6.04 Å². The third-order valence-corrected chi connectivity index (χ3v) is 4.62. The third-order valence-electron chi connectivity index (χ3n) is 4.62. The van der Waals surface area contributed by atoms with Gasteiger partial charge in [0.15, 0.2) is 18.1 Å². The minimum absolute atomic E-state index is 0.0797. The normalized spacial score (nSPS) is 13.8. The zero-order chi connectivity index (χ0) is 19.5. The number of aromatic nitrogens is 1. The Morgan fingerprint density at radius 1 is 1.14 bits per heavy atom. The van der Waals surface area contributed by atoms with Crippen LogP contribution in [0.15, 0.2) is 48.5 Å². The molecule has 6 heteroatoms. The summed E-state index contributed by atoms with van der Waals surface area (Å²) in [5, 5.41) is 3.93. The Hall–Kier alpha value is -3.28. The molecule has 1 N–H and O–H groups in total. The Bertz CT molecular complexity index is 1020. The summed E-state index contributed by atoms with van der Waals surface area (Å²) >= 11 is 0. The molecule has 4 rings (SSSR count). The molecule has 1 amide bonds. The van der Waals surface area contributed by atoms with Crippen molar-refractivity contribution in [2.45, 2.75) is 19.9 Å². The summed E-state index contributed by atoms with van der Waals surface area (Å²) in [5.74, 6) is 1.84. The average Bonchev–Trinajstić information content (AvgIpc) is 2.71. The summed E-state index contributed by atoms with van der Waals surface area (Å²) in [4.78, 5) is 16.9. The fourth-order valence-electron chi connectivity index (χ4n) is 3.17. The molecule has 0 saturated carbocycles. The van der Waals surface area contributed by atoms with Crippen molar-refractivity contribution in [2.75, 3.05) is 19.8 Å². The van der Waals surface area contributed by atoms with Gasteiger partial charge >= 0.3 is 0 Å². The van der Waals surface area contributed by atoms with E-state index < -0.39 is 0 Å². The standard InChI is InChI=1S/C22H22N2O4/c1-14-6-7-16-4-3-5-19(22(16)23-14)28-13-21(25)24-15(2)17-8-9-18-20(12-17)27-11-10-26-18/h3-9,12,15H,10-11,13H2,1-2H3,(H,24,25). The molecule has 0 spiro atoms. The summed E-state index contributed by atoms with van der Waals surface area (Å²) < 4.78 is 16.9. The Balaban J connectivity index is 1.40. The lowest BCUT2D eigenvalue weighted by Crippen LogP contribution is -2.31. The lowest BCUT2D eigenvalue weighted by molar-refractivity contribution is -0.123. The van der Waals surface area contributed by atoms with Gasteiger partial charge in [0.2, 0.25) is 0 Å². The monoisotopic (exact) mass is 378 g/mol. The molecular formula is C22H22N2O4. The van der Waals surface area contributed by atoms with Gasteiger partial charge in [-0.3, -0.25) is 4.79 Å². The highest BCUT2D eigenvalue weighted by molar-refractivity contribution is 5.85. The number of pyridine rings is 1. The van der Waals surface area contributed by atoms with Crippen LogP contribution < -0.4 is 19.5 Å². The summed E-state index contributed by atoms with van der Waals surface area (Å²) in [6.45, 7) is 4.86. The van der Waals surface area contributed by atoms with Crippen LogP contribution in [-0.2, 0) is 4.79 Å². The molecule has 0 saturated heterocycles. The lowest BCUT2D eigenvalue weighted by atomic mass is 10.1. The number of hydrogen-bond donors (Lipinski definition) is 1. The van der Waals surface area contributed by atoms with Crippen LogP contribution in [0.4, 0.5) is 0 Å². The molecule has 0 radical (unpaired) electrons. The van der Waals surface area contributed by atoms with Crippen molar-refractivity contribution in [3.63, 3.8) is 0 Å². The van der Waals surface area contributed by atoms with Gasteiger partial charge < -0.3 is 19.5 Å². The van der Waals surface area contributed by atoms with Crippen molar-refractivity contribution in [1.29, 1.82) is 0 Å². The minimum Gasteiger partial charge on any atom is -0.486 e. The van der Waals surface area contributed by atoms with E-state index >= 15 is 0 Å². The molecule has 1 aliphatic heterocycles. The molecule has 28 heavy (non-hydrogen) atoms. The van der Waals surface area contributed by atoms with Crippen molar-refractivity contribution in [2.24, 2.45) is 0 Å². The number of ether oxygens (including phenoxy) is 3. The van der Waals surface area contributed by atoms with Gasteiger partial charge in [-0.05, 0) is 43.7 Å². The quantitative estimate of drug-likeness (QED) is 0.735. The molecule has 3 aromatic rings. The van der Waals surface area contributed by atoms with Gasteiger partial charge in [-0.2, -0.15) is 0 Å². The highest BCUT2D eigenvalue weighted by Gasteiger charge is 2.16. The number of para-hydroxylation sites is 1. The molecule has 2 aromatic carbocycles. The SMILES string of the molecule is Cc1ccc2cccc(OCC(=O)NC(C)c3ccc4c(c3)OCCO4)c2n1. The Kier molecular flexibility index (Phi) is 5.02. The third kappa shape index (κ3) is 3.86. The number of amides is 1. The second kappa shape index (κ2) is 7.76. The van der Waals surface area contributed by atoms with E-state index in [2.05, 4.69) is 10.3 Å². The Labute approximate surface area is 163 Å². The molecule has 1 aliphatic rings. The maximum absolute atomic E-state index is 12.4. The highest BCUT2D eigenvalue weighted by atomic mass is 16.6. The van der Waals surface area contributed by atoms with Gasteiger partial charge in [0.1, 0.15) is 24.5 Å². The summed E-state index contributed by atoms with van der Waals surface area (Å²) in [7, 11) is 0. The van der Waals surface area contributed by atoms with E-state index in [0.29, 0.717) is 24.7 Å². The van der Waals surface area contributed by atoms with Crippen LogP contribution in [0.3, 0.4) is 0 Å². The molecule has 0 bridgehead atoms. The summed E-state index contributed by atoms with van der Waals surface area (Å²) in [5.41, 5.74) is 2.61. The van der Waals surface area contributed by atoms with Crippen LogP contribution in [0.2, 0.25) is 0 Å². The van der Waals surface area contributed by atoms with Crippen LogP contribution in [0, 0.1) is 6.92 Å². The molecule has 1 aromatic heterocycles. The molecule has 0 fully saturated rings. The van der Waals surface area contributed by atoms with Crippen molar-refractivity contribution in [1.82, 2.24) is 10.3 Å². The molecule has 1 atom stereocenters. The van der Waals surface area contributed by atoms with Crippen LogP contribution in [0.25, 0.3) is 10.9 Å². The Morgan fingerprint density at radius 3 is 2.82 bits per heavy atom. The largest absolute Gasteiger partial charge is 0.486 e. The lowest BCUT2D eigenvalue weighted by Gasteiger charge is -2.21. The topological polar surface area (TPSA) is 69.7 Å². The van der Waals surface area contributed by atoms with Crippen LogP contribution in [-0.4, -0.2) is 30.7 Å². The number of fused-ring (bicyclic) bond motifs is 2. The second-order valence-electron chi connectivity index (χ2n) is 6.76. The number of nitrogens with zero attached hydrogens (tertiary/aromatic N) is 1. The Morgan fingerprint density at radius 2 is 1.96 bits per heavy atom. The molecule has 6 nitrogen and oxygen atoms in total. The number of rotatable bonds is 5. The molecule has 144 valence electrons. The van der Waals surface area contributed by atoms with E-state index in [1.807, 2.05) is 62.4 Å². The van der Waals surface area contributed by atoms with Crippen molar-refractivity contribution in [3.8, 4) is 17.2 Å². The second-order valence-corrected chi connectivity index (χ2v) is 6.76. The van der Waals surface area contributed by atoms with E-state index in [-0.39, 0.29) is 18.6 Å². The first-order valence-corrected chi connectivity index (χ1v) is 9.28. The number of benzene rings is 2. The van der Waals surface area contributed by atoms with E-state index in [9.17, 15) is 4.79 Å². The number of carbonyl (C=O) groups is 1. The molecule has 2 heterocycles. The molecular weight excluding hydrogens is 356 g/mol. The fourth-order valence-corrected chi connectivity index (χ4v) is 3.17. The molecule has 0 aliphatic carbocycles. The predicted octanol–water partition coefficient (Wildman–Crippen LogP) is 3.57. The first kappa shape index (κ1) is 18.1. The first-order valence-electron chi connectivity index (χ1n) is 9.28. The van der Waals surface area contributed by atoms with Gasteiger partial charge in [-0.1, -0.05) is 24.3 Å². The number of carbonyl (C=O) groups excluding carboxylic acids is 1. The average molecular weight is 378 g/mol. The van der Waals surface area contributed by atoms with E-state index in [4.69, 9.17) is 14.2 Å². The zero-order valence-electron chi connectivity index (χ0n) is 15.9. The van der Waals surface area contributed by atoms with Gasteiger partial charge in [-0.15, -0.1) is 0 Å². The highest BCUT2D eigenvalue weighted by Crippen LogP contribution is 2.32. The number of hydrogen-bond acceptors (Lipinski definition) is 5. The fraction of sp³-hybridized carbons (Fsp3) is 0.273. The van der Waals surface area contributed by atoms with E-state index in [1.54, 1.807) is 0 Å². The van der Waals surface area contributed by atoms with Gasteiger partial charge in [0.25, 0.3) is 5.91 Å². The van der Waals surface area contributed by atoms with Gasteiger partial charge in [-0.25, -0.2) is 4.98 Å². The predicted molar refractivity (Wildman–Crippen MR) is 106 cm³/mol. The maximum Gasteiger partial charge on any atom is 0.258 e. The summed E-state index contributed by atoms with van der Waals surface area (Å²) in [6, 6.07) is 15.2. The van der Waals surface area contributed by atoms with Crippen molar-refractivity contribution >= 4 is 16.8 Å². The van der Waals surface area contributed by atoms with Crippen LogP contribution in [0.1, 0.15) is 24.2 Å². The van der Waals surface area contributed by atoms with Crippen LogP contribution >= 0.6 is 0 Å². The van der Waals surface area contributed by atoms with Gasteiger partial charge in [0, 0.05) is 11.1 Å². The number of aryl methyl sites for hydroxylation is 1. The van der Waals surface area contributed by atoms with Crippen molar-refractivity contribution in [3.05, 3.63) is 59.8 Å². The molecule has 1 unspecified atom stereocenters. The van der Waals surface area contributed by atoms with Crippen molar-refractivity contribution < 1.29 is 19.0 Å². The zero-order valence-corrected chi connectivity index (χ0v) is 15.9. The van der Waals surface area contributed by atoms with Crippen LogP contribution in [0.5, 0.6) is 17.2 Å². The maximum atomic E-state index is 12.4. The summed E-state index contributed by atoms with van der Waals surface area (Å²) in [6.07, 6.45) is 0. The smallest absolute Gasteiger partial charge is 0.258 e. The van der Waals surface area contributed by atoms with E-state index in [1.165, 1.54) is 0 Å². The van der Waals surface area contributed by atoms with E-state index in [0.717, 1.165) is 27.9 Å². The number of nitrogens with one attached hydrogen (secondary N) is 1. The first-order chi connectivity index (χ1) is 13.6.